The number of ether oxygens (including phenoxy) is 6. The van der Waals surface area contributed by atoms with Gasteiger partial charge >= 0.3 is 5.97 Å². The molecule has 0 amide bonds. The van der Waals surface area contributed by atoms with Gasteiger partial charge in [-0.3, -0.25) is 0 Å². The van der Waals surface area contributed by atoms with Crippen molar-refractivity contribution in [3.05, 3.63) is 47.5 Å². The Morgan fingerprint density at radius 3 is 2.15 bits per heavy atom. The van der Waals surface area contributed by atoms with Crippen molar-refractivity contribution in [3.8, 4) is 23.0 Å². The highest BCUT2D eigenvalue weighted by atomic mass is 16.7. The Morgan fingerprint density at radius 1 is 0.872 bits per heavy atom. The molecule has 0 aromatic heterocycles. The minimum Gasteiger partial charge on any atom is -0.493 e. The van der Waals surface area contributed by atoms with E-state index in [1.165, 1.54) is 27.4 Å². The van der Waals surface area contributed by atoms with Crippen molar-refractivity contribution in [2.45, 2.75) is 49.1 Å². The van der Waals surface area contributed by atoms with Crippen LogP contribution >= 0.6 is 0 Å². The molecule has 0 radical (unpaired) electrons. The van der Waals surface area contributed by atoms with Gasteiger partial charge in [0.15, 0.2) is 28.6 Å². The molecule has 12 nitrogen and oxygen atoms in total. The summed E-state index contributed by atoms with van der Waals surface area (Å²) in [5.41, 5.74) is -0.431. The molecule has 5 N–H and O–H groups in total. The summed E-state index contributed by atoms with van der Waals surface area (Å²) < 4.78 is 32.4. The maximum Gasteiger partial charge on any atom is 0.338 e. The molecule has 0 aliphatic carbocycles. The van der Waals surface area contributed by atoms with Crippen molar-refractivity contribution in [3.63, 3.8) is 0 Å². The fourth-order valence-electron chi connectivity index (χ4n) is 4.86. The molecular weight excluding hydrogens is 516 g/mol. The first-order valence-corrected chi connectivity index (χ1v) is 12.4. The smallest absolute Gasteiger partial charge is 0.338 e. The van der Waals surface area contributed by atoms with Gasteiger partial charge in [0.1, 0.15) is 24.4 Å². The predicted molar refractivity (Wildman–Crippen MR) is 134 cm³/mol. The summed E-state index contributed by atoms with van der Waals surface area (Å²) in [5.74, 6) is 0.161. The van der Waals surface area contributed by atoms with E-state index >= 15 is 0 Å². The van der Waals surface area contributed by atoms with E-state index in [4.69, 9.17) is 28.4 Å². The Balaban J connectivity index is 1.52. The molecule has 4 rings (SSSR count). The number of benzene rings is 2. The second kappa shape index (κ2) is 11.9. The number of esters is 1. The molecule has 2 fully saturated rings. The van der Waals surface area contributed by atoms with Crippen LogP contribution in [-0.2, 0) is 27.1 Å². The van der Waals surface area contributed by atoms with Crippen LogP contribution in [0.3, 0.4) is 0 Å². The van der Waals surface area contributed by atoms with Gasteiger partial charge < -0.3 is 54.0 Å². The molecule has 0 unspecified atom stereocenters. The summed E-state index contributed by atoms with van der Waals surface area (Å²) in [6, 6.07) is 10.1. The number of cyclic esters (lactones) is 1. The van der Waals surface area contributed by atoms with Crippen molar-refractivity contribution < 1.29 is 58.7 Å². The highest BCUT2D eigenvalue weighted by Gasteiger charge is 2.51. The lowest BCUT2D eigenvalue weighted by atomic mass is 9.81. The lowest BCUT2D eigenvalue weighted by Crippen LogP contribution is -2.60. The average molecular weight is 551 g/mol. The maximum atomic E-state index is 12.7. The van der Waals surface area contributed by atoms with Gasteiger partial charge in [-0.15, -0.1) is 0 Å². The number of hydrogen-bond donors (Lipinski definition) is 5. The highest BCUT2D eigenvalue weighted by molar-refractivity contribution is 5.82. The van der Waals surface area contributed by atoms with Crippen LogP contribution in [-0.4, -0.2) is 102 Å². The van der Waals surface area contributed by atoms with Gasteiger partial charge in [-0.25, -0.2) is 4.79 Å². The van der Waals surface area contributed by atoms with Crippen LogP contribution in [0.15, 0.2) is 36.4 Å². The minimum atomic E-state index is -1.81. The number of aliphatic hydroxyl groups is 5. The molecule has 0 bridgehead atoms. The SMILES string of the molecule is COc1ccc(C[C@H]2COC(=O)[C@@]2(O)Cc2ccc(O[C@H]3O[C@@H](CO)[C@H](O)[C@@H](O)[C@@H]3O)c(OC)c2)cc1OC. The van der Waals surface area contributed by atoms with E-state index in [2.05, 4.69) is 0 Å². The fourth-order valence-corrected chi connectivity index (χ4v) is 4.86. The zero-order chi connectivity index (χ0) is 28.3. The van der Waals surface area contributed by atoms with E-state index in [1.54, 1.807) is 24.3 Å². The predicted octanol–water partition coefficient (Wildman–Crippen LogP) is -0.420. The zero-order valence-electron chi connectivity index (χ0n) is 21.9. The number of aliphatic hydroxyl groups excluding tert-OH is 4. The van der Waals surface area contributed by atoms with Crippen molar-refractivity contribution in [1.82, 2.24) is 0 Å². The van der Waals surface area contributed by atoms with E-state index in [0.717, 1.165) is 5.56 Å². The third-order valence-corrected chi connectivity index (χ3v) is 7.17. The first-order chi connectivity index (χ1) is 18.6. The Labute approximate surface area is 225 Å². The van der Waals surface area contributed by atoms with E-state index in [9.17, 15) is 30.3 Å². The van der Waals surface area contributed by atoms with Gasteiger partial charge in [-0.05, 0) is 41.8 Å². The molecule has 2 heterocycles. The maximum absolute atomic E-state index is 12.7. The van der Waals surface area contributed by atoms with Crippen molar-refractivity contribution in [1.29, 1.82) is 0 Å². The first kappa shape index (κ1) is 28.9. The molecule has 39 heavy (non-hydrogen) atoms. The molecule has 2 aliphatic heterocycles. The number of carbonyl (C=O) groups is 1. The highest BCUT2D eigenvalue weighted by Crippen LogP contribution is 2.38. The number of methoxy groups -OCH3 is 3. The third kappa shape index (κ3) is 5.76. The Kier molecular flexibility index (Phi) is 8.84. The Morgan fingerprint density at radius 2 is 1.49 bits per heavy atom. The molecule has 12 heteroatoms. The van der Waals surface area contributed by atoms with Crippen molar-refractivity contribution in [2.75, 3.05) is 34.5 Å². The molecule has 0 saturated carbocycles. The van der Waals surface area contributed by atoms with E-state index < -0.39 is 54.8 Å². The van der Waals surface area contributed by atoms with E-state index in [1.807, 2.05) is 6.07 Å². The van der Waals surface area contributed by atoms with Crippen LogP contribution in [0.5, 0.6) is 23.0 Å². The minimum absolute atomic E-state index is 0.0408. The first-order valence-electron chi connectivity index (χ1n) is 12.4. The molecular formula is C27H34O12. The van der Waals surface area contributed by atoms with Crippen molar-refractivity contribution in [2.24, 2.45) is 5.92 Å². The van der Waals surface area contributed by atoms with Crippen LogP contribution < -0.4 is 18.9 Å². The van der Waals surface area contributed by atoms with E-state index in [0.29, 0.717) is 23.5 Å². The fraction of sp³-hybridized carbons (Fsp3) is 0.519. The Bertz CT molecular complexity index is 1150. The summed E-state index contributed by atoms with van der Waals surface area (Å²) in [6.45, 7) is -0.556. The molecule has 7 atom stereocenters. The molecule has 2 aromatic rings. The molecule has 0 spiro atoms. The third-order valence-electron chi connectivity index (χ3n) is 7.17. The number of hydrogen-bond acceptors (Lipinski definition) is 12. The van der Waals surface area contributed by atoms with Crippen LogP contribution in [0.25, 0.3) is 0 Å². The standard InChI is InChI=1S/C27H34O12/c1-34-17-6-4-14(9-19(17)35-2)8-16-13-37-26(32)27(16,33)11-15-5-7-18(20(10-15)36-3)38-25-24(31)23(30)22(29)21(12-28)39-25/h4-7,9-10,16,21-25,28-31,33H,8,11-13H2,1-3H3/t16-,21-,22-,23+,24-,25-,27+/m0/s1. The van der Waals surface area contributed by atoms with Gasteiger partial charge in [-0.2, -0.15) is 0 Å². The monoisotopic (exact) mass is 550 g/mol. The van der Waals surface area contributed by atoms with Gasteiger partial charge in [0.25, 0.3) is 0 Å². The normalized spacial score (nSPS) is 30.5. The van der Waals surface area contributed by atoms with Crippen LogP contribution in [0, 0.1) is 5.92 Å². The summed E-state index contributed by atoms with van der Waals surface area (Å²) in [6.07, 6.45) is -6.98. The van der Waals surface area contributed by atoms with Gasteiger partial charge in [0.2, 0.25) is 6.29 Å². The zero-order valence-corrected chi connectivity index (χ0v) is 21.9. The largest absolute Gasteiger partial charge is 0.493 e. The summed E-state index contributed by atoms with van der Waals surface area (Å²) >= 11 is 0. The average Bonchev–Trinajstić information content (AvgIpc) is 3.21. The molecule has 2 aromatic carbocycles. The van der Waals surface area contributed by atoms with Gasteiger partial charge in [0, 0.05) is 12.3 Å². The summed E-state index contributed by atoms with van der Waals surface area (Å²) in [5, 5.41) is 51.2. The van der Waals surface area contributed by atoms with Gasteiger partial charge in [-0.1, -0.05) is 12.1 Å². The van der Waals surface area contributed by atoms with Gasteiger partial charge in [0.05, 0.1) is 34.5 Å². The Hall–Kier alpha value is -3.13. The van der Waals surface area contributed by atoms with Crippen LogP contribution in [0.1, 0.15) is 11.1 Å². The van der Waals surface area contributed by atoms with Crippen LogP contribution in [0.4, 0.5) is 0 Å². The summed E-state index contributed by atoms with van der Waals surface area (Å²) in [7, 11) is 4.45. The molecule has 2 saturated heterocycles. The second-order valence-electron chi connectivity index (χ2n) is 9.59. The topological polar surface area (TPSA) is 174 Å². The molecule has 2 aliphatic rings. The summed E-state index contributed by atoms with van der Waals surface area (Å²) in [4.78, 5) is 12.7. The van der Waals surface area contributed by atoms with E-state index in [-0.39, 0.29) is 24.5 Å². The lowest BCUT2D eigenvalue weighted by Gasteiger charge is -2.39. The quantitative estimate of drug-likeness (QED) is 0.242. The molecule has 214 valence electrons. The van der Waals surface area contributed by atoms with Crippen molar-refractivity contribution >= 4 is 5.97 Å². The second-order valence-corrected chi connectivity index (χ2v) is 9.59. The lowest BCUT2D eigenvalue weighted by molar-refractivity contribution is -0.277. The van der Waals surface area contributed by atoms with Crippen LogP contribution in [0.2, 0.25) is 0 Å². The number of rotatable bonds is 10. The number of carbonyl (C=O) groups excluding carboxylic acids is 1.